The average molecular weight is 202 g/mol. The van der Waals surface area contributed by atoms with Crippen molar-refractivity contribution >= 4 is 5.84 Å². The highest BCUT2D eigenvalue weighted by molar-refractivity contribution is 5.81. The molecule has 0 saturated carbocycles. The number of nitrogens with two attached hydrogens (primary N) is 1. The van der Waals surface area contributed by atoms with Gasteiger partial charge in [0, 0.05) is 13.1 Å². The average Bonchev–Trinajstić information content (AvgIpc) is 2.19. The van der Waals surface area contributed by atoms with Crippen LogP contribution < -0.4 is 5.73 Å². The van der Waals surface area contributed by atoms with Crippen molar-refractivity contribution in [3.63, 3.8) is 0 Å². The van der Waals surface area contributed by atoms with E-state index >= 15 is 0 Å². The van der Waals surface area contributed by atoms with Crippen molar-refractivity contribution in [2.24, 2.45) is 10.9 Å². The van der Waals surface area contributed by atoms with Crippen LogP contribution in [0.3, 0.4) is 0 Å². The Bertz CT molecular complexity index is 168. The van der Waals surface area contributed by atoms with Crippen molar-refractivity contribution in [3.8, 4) is 0 Å². The van der Waals surface area contributed by atoms with Crippen molar-refractivity contribution < 1.29 is 5.21 Å². The highest BCUT2D eigenvalue weighted by Gasteiger charge is 2.04. The Balaban J connectivity index is 3.67. The van der Waals surface area contributed by atoms with Gasteiger partial charge in [-0.2, -0.15) is 0 Å². The summed E-state index contributed by atoms with van der Waals surface area (Å²) in [7, 11) is 1.96. The van der Waals surface area contributed by atoms with Crippen LogP contribution in [0, 0.1) is 0 Å². The smallest absolute Gasteiger partial charge is 0.153 e. The molecule has 5 nitrogen and oxygen atoms in total. The lowest BCUT2D eigenvalue weighted by atomic mass is 10.4. The van der Waals surface area contributed by atoms with Crippen LogP contribution in [0.1, 0.15) is 13.8 Å². The molecule has 0 radical (unpaired) electrons. The van der Waals surface area contributed by atoms with Gasteiger partial charge in [-0.3, -0.25) is 4.90 Å². The second-order valence-corrected chi connectivity index (χ2v) is 3.36. The fourth-order valence-electron chi connectivity index (χ4n) is 1.24. The third kappa shape index (κ3) is 5.77. The van der Waals surface area contributed by atoms with Crippen molar-refractivity contribution in [1.29, 1.82) is 0 Å². The number of hydrogen-bond donors (Lipinski definition) is 2. The van der Waals surface area contributed by atoms with Crippen LogP contribution >= 0.6 is 0 Å². The Hall–Kier alpha value is -0.810. The maximum atomic E-state index is 8.38. The number of nitrogens with zero attached hydrogens (tertiary/aromatic N) is 3. The zero-order chi connectivity index (χ0) is 11.0. The molecule has 5 heteroatoms. The molecule has 3 N–H and O–H groups in total. The van der Waals surface area contributed by atoms with Crippen molar-refractivity contribution in [2.75, 3.05) is 39.8 Å². The Morgan fingerprint density at radius 1 is 1.29 bits per heavy atom. The number of rotatable bonds is 7. The standard InChI is InChI=1S/C9H22N4O/c1-4-13(5-2)7-6-12(3)8-9(10)11-14/h14H,4-8H2,1-3H3,(H2,10,11). The van der Waals surface area contributed by atoms with Gasteiger partial charge in [0.15, 0.2) is 5.84 Å². The summed E-state index contributed by atoms with van der Waals surface area (Å²) in [5.41, 5.74) is 5.39. The molecule has 0 atom stereocenters. The van der Waals surface area contributed by atoms with Crippen molar-refractivity contribution in [2.45, 2.75) is 13.8 Å². The fraction of sp³-hybridized carbons (Fsp3) is 0.889. The van der Waals surface area contributed by atoms with Gasteiger partial charge >= 0.3 is 0 Å². The van der Waals surface area contributed by atoms with Gasteiger partial charge in [-0.05, 0) is 20.1 Å². The van der Waals surface area contributed by atoms with Gasteiger partial charge in [0.2, 0.25) is 0 Å². The molecule has 0 spiro atoms. The summed E-state index contributed by atoms with van der Waals surface area (Å²) in [4.78, 5) is 4.37. The van der Waals surface area contributed by atoms with Crippen LogP contribution in [0.5, 0.6) is 0 Å². The molecule has 84 valence electrons. The molecule has 0 aromatic rings. The van der Waals surface area contributed by atoms with E-state index in [1.54, 1.807) is 0 Å². The number of amidine groups is 1. The van der Waals surface area contributed by atoms with Gasteiger partial charge in [-0.15, -0.1) is 0 Å². The molecule has 0 aliphatic carbocycles. The van der Waals surface area contributed by atoms with Crippen LogP contribution in [0.15, 0.2) is 5.16 Å². The molecule has 14 heavy (non-hydrogen) atoms. The van der Waals surface area contributed by atoms with E-state index in [-0.39, 0.29) is 5.84 Å². The monoisotopic (exact) mass is 202 g/mol. The minimum atomic E-state index is 0.257. The Labute approximate surface area is 86.2 Å². The maximum absolute atomic E-state index is 8.38. The third-order valence-corrected chi connectivity index (χ3v) is 2.25. The fourth-order valence-corrected chi connectivity index (χ4v) is 1.24. The van der Waals surface area contributed by atoms with Gasteiger partial charge in [-0.1, -0.05) is 19.0 Å². The Kier molecular flexibility index (Phi) is 7.14. The van der Waals surface area contributed by atoms with E-state index in [1.165, 1.54) is 0 Å². The first-order valence-corrected chi connectivity index (χ1v) is 5.01. The van der Waals surface area contributed by atoms with Crippen molar-refractivity contribution in [3.05, 3.63) is 0 Å². The van der Waals surface area contributed by atoms with E-state index in [1.807, 2.05) is 11.9 Å². The molecule has 0 aliphatic heterocycles. The Morgan fingerprint density at radius 3 is 2.29 bits per heavy atom. The molecule has 0 unspecified atom stereocenters. The first-order valence-electron chi connectivity index (χ1n) is 5.01. The van der Waals surface area contributed by atoms with Crippen LogP contribution in [0.25, 0.3) is 0 Å². The van der Waals surface area contributed by atoms with Crippen LogP contribution in [0.4, 0.5) is 0 Å². The van der Waals surface area contributed by atoms with E-state index in [0.29, 0.717) is 6.54 Å². The highest BCUT2D eigenvalue weighted by Crippen LogP contribution is 1.89. The number of oxime groups is 1. The highest BCUT2D eigenvalue weighted by atomic mass is 16.4. The lowest BCUT2D eigenvalue weighted by Gasteiger charge is -2.22. The summed E-state index contributed by atoms with van der Waals surface area (Å²) >= 11 is 0. The summed E-state index contributed by atoms with van der Waals surface area (Å²) in [6, 6.07) is 0. The van der Waals surface area contributed by atoms with Gasteiger partial charge < -0.3 is 15.8 Å². The van der Waals surface area contributed by atoms with Gasteiger partial charge in [0.25, 0.3) is 0 Å². The zero-order valence-corrected chi connectivity index (χ0v) is 9.40. The quantitative estimate of drug-likeness (QED) is 0.264. The number of hydrogen-bond acceptors (Lipinski definition) is 4. The van der Waals surface area contributed by atoms with Crippen LogP contribution in [-0.2, 0) is 0 Å². The summed E-state index contributed by atoms with van der Waals surface area (Å²) in [6.07, 6.45) is 0. The molecular weight excluding hydrogens is 180 g/mol. The Morgan fingerprint density at radius 2 is 1.86 bits per heavy atom. The molecule has 0 saturated heterocycles. The first-order chi connectivity index (χ1) is 6.63. The normalized spacial score (nSPS) is 12.8. The van der Waals surface area contributed by atoms with Gasteiger partial charge in [0.05, 0.1) is 6.54 Å². The maximum Gasteiger partial charge on any atom is 0.153 e. The summed E-state index contributed by atoms with van der Waals surface area (Å²) < 4.78 is 0. The molecular formula is C9H22N4O. The molecule has 0 aromatic carbocycles. The number of likely N-dealkylation sites (N-methyl/N-ethyl adjacent to an activating group) is 2. The molecule has 0 rings (SSSR count). The molecule has 0 amide bonds. The largest absolute Gasteiger partial charge is 0.409 e. The minimum Gasteiger partial charge on any atom is -0.409 e. The van der Waals surface area contributed by atoms with Crippen LogP contribution in [0.2, 0.25) is 0 Å². The lowest BCUT2D eigenvalue weighted by molar-refractivity contribution is 0.251. The second-order valence-electron chi connectivity index (χ2n) is 3.36. The van der Waals surface area contributed by atoms with Crippen LogP contribution in [-0.4, -0.2) is 60.6 Å². The SMILES string of the molecule is CCN(CC)CCN(C)CC(N)=NO. The summed E-state index contributed by atoms with van der Waals surface area (Å²) in [5.74, 6) is 0.257. The predicted octanol–water partition coefficient (Wildman–Crippen LogP) is 0.00640. The summed E-state index contributed by atoms with van der Waals surface area (Å²) in [5, 5.41) is 11.3. The molecule has 0 fully saturated rings. The van der Waals surface area contributed by atoms with E-state index < -0.39 is 0 Å². The van der Waals surface area contributed by atoms with E-state index in [2.05, 4.69) is 23.9 Å². The van der Waals surface area contributed by atoms with Crippen molar-refractivity contribution in [1.82, 2.24) is 9.80 Å². The summed E-state index contributed by atoms with van der Waals surface area (Å²) in [6.45, 7) is 8.87. The molecule has 0 aromatic heterocycles. The minimum absolute atomic E-state index is 0.257. The van der Waals surface area contributed by atoms with Gasteiger partial charge in [-0.25, -0.2) is 0 Å². The second kappa shape index (κ2) is 7.58. The van der Waals surface area contributed by atoms with E-state index in [0.717, 1.165) is 26.2 Å². The molecule has 0 heterocycles. The zero-order valence-electron chi connectivity index (χ0n) is 9.40. The molecule has 0 bridgehead atoms. The topological polar surface area (TPSA) is 65.1 Å². The predicted molar refractivity (Wildman–Crippen MR) is 58.7 cm³/mol. The lowest BCUT2D eigenvalue weighted by Crippen LogP contribution is -2.37. The first kappa shape index (κ1) is 13.2. The van der Waals surface area contributed by atoms with E-state index in [4.69, 9.17) is 10.9 Å². The molecule has 0 aliphatic rings. The van der Waals surface area contributed by atoms with Gasteiger partial charge in [0.1, 0.15) is 0 Å². The van der Waals surface area contributed by atoms with E-state index in [9.17, 15) is 0 Å². The third-order valence-electron chi connectivity index (χ3n) is 2.25.